The molecule has 2 aliphatic rings. The summed E-state index contributed by atoms with van der Waals surface area (Å²) in [5.74, 6) is 0.754. The Morgan fingerprint density at radius 2 is 1.92 bits per heavy atom. The van der Waals surface area contributed by atoms with E-state index in [1.54, 1.807) is 0 Å². The van der Waals surface area contributed by atoms with E-state index >= 15 is 0 Å². The Labute approximate surface area is 151 Å². The van der Waals surface area contributed by atoms with E-state index in [4.69, 9.17) is 4.74 Å². The van der Waals surface area contributed by atoms with Crippen LogP contribution in [0.5, 0.6) is 0 Å². The van der Waals surface area contributed by atoms with Crippen LogP contribution in [0, 0.1) is 11.8 Å². The third kappa shape index (κ3) is 4.04. The number of hydrogen-bond donors (Lipinski definition) is 0. The van der Waals surface area contributed by atoms with Crippen LogP contribution in [0.4, 0.5) is 0 Å². The molecule has 25 heavy (non-hydrogen) atoms. The summed E-state index contributed by atoms with van der Waals surface area (Å²) < 4.78 is 5.43. The fourth-order valence-corrected chi connectivity index (χ4v) is 4.14. The van der Waals surface area contributed by atoms with Crippen molar-refractivity contribution in [3.8, 4) is 0 Å². The van der Waals surface area contributed by atoms with Crippen molar-refractivity contribution in [3.05, 3.63) is 60.2 Å². The molecule has 1 saturated carbocycles. The number of morpholine rings is 1. The number of benzene rings is 1. The normalized spacial score (nSPS) is 25.5. The van der Waals surface area contributed by atoms with E-state index in [0.717, 1.165) is 24.8 Å². The van der Waals surface area contributed by atoms with Crippen LogP contribution in [-0.4, -0.2) is 37.1 Å². The first kappa shape index (κ1) is 17.9. The Balaban J connectivity index is 1.91. The fourth-order valence-electron chi connectivity index (χ4n) is 4.14. The molecule has 0 spiro atoms. The molecular formula is C22H29NO2. The van der Waals surface area contributed by atoms with Crippen LogP contribution in [0.1, 0.15) is 37.7 Å². The highest BCUT2D eigenvalue weighted by Gasteiger charge is 2.38. The van der Waals surface area contributed by atoms with Crippen molar-refractivity contribution in [2.24, 2.45) is 11.8 Å². The minimum Gasteiger partial charge on any atom is -0.378 e. The number of amides is 1. The maximum atomic E-state index is 13.4. The van der Waals surface area contributed by atoms with Gasteiger partial charge in [0, 0.05) is 13.1 Å². The van der Waals surface area contributed by atoms with E-state index < -0.39 is 0 Å². The van der Waals surface area contributed by atoms with Gasteiger partial charge in [-0.3, -0.25) is 4.79 Å². The molecule has 1 amide bonds. The molecule has 1 saturated heterocycles. The third-order valence-corrected chi connectivity index (χ3v) is 5.72. The van der Waals surface area contributed by atoms with Gasteiger partial charge in [-0.1, -0.05) is 54.6 Å². The summed E-state index contributed by atoms with van der Waals surface area (Å²) in [5, 5.41) is 0. The molecule has 1 aromatic carbocycles. The number of ether oxygens (including phenoxy) is 1. The van der Waals surface area contributed by atoms with Crippen molar-refractivity contribution in [2.45, 2.75) is 32.1 Å². The number of hydrogen-bond acceptors (Lipinski definition) is 2. The van der Waals surface area contributed by atoms with Crippen LogP contribution in [0.3, 0.4) is 0 Å². The average Bonchev–Trinajstić information content (AvgIpc) is 2.65. The van der Waals surface area contributed by atoms with E-state index in [1.165, 1.54) is 11.1 Å². The zero-order valence-corrected chi connectivity index (χ0v) is 15.2. The van der Waals surface area contributed by atoms with Crippen molar-refractivity contribution in [3.63, 3.8) is 0 Å². The molecule has 1 aromatic rings. The first-order valence-electron chi connectivity index (χ1n) is 9.32. The molecule has 0 unspecified atom stereocenters. The quantitative estimate of drug-likeness (QED) is 0.770. The zero-order chi connectivity index (χ0) is 17.8. The number of rotatable bonds is 4. The molecule has 0 N–H and O–H groups in total. The summed E-state index contributed by atoms with van der Waals surface area (Å²) in [5.41, 5.74) is 3.55. The van der Waals surface area contributed by atoms with Gasteiger partial charge in [-0.2, -0.15) is 0 Å². The number of carbonyl (C=O) groups is 1. The number of nitrogens with zero attached hydrogens (tertiary/aromatic N) is 1. The highest BCUT2D eigenvalue weighted by molar-refractivity contribution is 5.84. The van der Waals surface area contributed by atoms with Crippen LogP contribution in [-0.2, 0) is 9.53 Å². The van der Waals surface area contributed by atoms with Crippen molar-refractivity contribution in [1.29, 1.82) is 0 Å². The van der Waals surface area contributed by atoms with Crippen molar-refractivity contribution < 1.29 is 9.53 Å². The molecule has 134 valence electrons. The summed E-state index contributed by atoms with van der Waals surface area (Å²) in [4.78, 5) is 15.4. The van der Waals surface area contributed by atoms with Crippen LogP contribution in [0.2, 0.25) is 0 Å². The van der Waals surface area contributed by atoms with Gasteiger partial charge in [0.2, 0.25) is 5.91 Å². The minimum atomic E-state index is -0.144. The molecule has 2 fully saturated rings. The smallest absolute Gasteiger partial charge is 0.230 e. The lowest BCUT2D eigenvalue weighted by atomic mass is 9.68. The van der Waals surface area contributed by atoms with Crippen LogP contribution in [0.25, 0.3) is 0 Å². The average molecular weight is 339 g/mol. The van der Waals surface area contributed by atoms with Crippen LogP contribution in [0.15, 0.2) is 54.6 Å². The molecule has 3 heteroatoms. The number of carbonyl (C=O) groups excluding carboxylic acids is 1. The van der Waals surface area contributed by atoms with Gasteiger partial charge in [0.25, 0.3) is 0 Å². The second-order valence-corrected chi connectivity index (χ2v) is 7.41. The topological polar surface area (TPSA) is 29.5 Å². The number of allylic oxidation sites excluding steroid dienone is 2. The molecule has 0 aromatic heterocycles. The minimum absolute atomic E-state index is 0.144. The predicted octanol–water partition coefficient (Wildman–Crippen LogP) is 4.18. The summed E-state index contributed by atoms with van der Waals surface area (Å²) in [6, 6.07) is 10.2. The lowest BCUT2D eigenvalue weighted by Crippen LogP contribution is -2.45. The van der Waals surface area contributed by atoms with Crippen LogP contribution < -0.4 is 0 Å². The van der Waals surface area contributed by atoms with Gasteiger partial charge >= 0.3 is 0 Å². The second kappa shape index (κ2) is 8.01. The molecule has 1 aliphatic carbocycles. The molecule has 0 radical (unpaired) electrons. The Kier molecular flexibility index (Phi) is 5.74. The van der Waals surface area contributed by atoms with E-state index in [2.05, 4.69) is 32.2 Å². The summed E-state index contributed by atoms with van der Waals surface area (Å²) in [6.45, 7) is 13.2. The summed E-state index contributed by atoms with van der Waals surface area (Å²) in [6.07, 6.45) is 3.07. The van der Waals surface area contributed by atoms with Gasteiger partial charge < -0.3 is 9.64 Å². The molecular weight excluding hydrogens is 310 g/mol. The van der Waals surface area contributed by atoms with Gasteiger partial charge in [0.05, 0.1) is 19.1 Å². The van der Waals surface area contributed by atoms with Gasteiger partial charge in [-0.15, -0.1) is 0 Å². The highest BCUT2D eigenvalue weighted by Crippen LogP contribution is 2.44. The Bertz CT molecular complexity index is 631. The zero-order valence-electron chi connectivity index (χ0n) is 15.2. The lowest BCUT2D eigenvalue weighted by Gasteiger charge is -2.39. The predicted molar refractivity (Wildman–Crippen MR) is 101 cm³/mol. The first-order valence-corrected chi connectivity index (χ1v) is 9.32. The van der Waals surface area contributed by atoms with E-state index in [0.29, 0.717) is 32.2 Å². The van der Waals surface area contributed by atoms with Gasteiger partial charge in [-0.05, 0) is 43.6 Å². The SMILES string of the molecule is C=C(C)[C@H]1CCC(=C)[C@H]([C@@H](C(=O)N2CCOCC2)c2ccccc2)C1. The van der Waals surface area contributed by atoms with E-state index in [-0.39, 0.29) is 17.7 Å². The standard InChI is InChI=1S/C22H29NO2/c1-16(2)19-10-9-17(3)20(15-19)21(18-7-5-4-6-8-18)22(24)23-11-13-25-14-12-23/h4-8,19-21H,1,3,9-15H2,2H3/t19-,20+,21-/m0/s1. The van der Waals surface area contributed by atoms with Crippen molar-refractivity contribution >= 4 is 5.91 Å². The molecule has 0 bridgehead atoms. The lowest BCUT2D eigenvalue weighted by molar-refractivity contribution is -0.138. The largest absolute Gasteiger partial charge is 0.378 e. The molecule has 3 atom stereocenters. The highest BCUT2D eigenvalue weighted by atomic mass is 16.5. The monoisotopic (exact) mass is 339 g/mol. The maximum absolute atomic E-state index is 13.4. The molecule has 1 aliphatic heterocycles. The first-order chi connectivity index (χ1) is 12.1. The van der Waals surface area contributed by atoms with Gasteiger partial charge in [-0.25, -0.2) is 0 Å². The van der Waals surface area contributed by atoms with Gasteiger partial charge in [0.1, 0.15) is 0 Å². The third-order valence-electron chi connectivity index (χ3n) is 5.72. The van der Waals surface area contributed by atoms with Gasteiger partial charge in [0.15, 0.2) is 0 Å². The molecule has 1 heterocycles. The second-order valence-electron chi connectivity index (χ2n) is 7.41. The van der Waals surface area contributed by atoms with Crippen molar-refractivity contribution in [2.75, 3.05) is 26.3 Å². The maximum Gasteiger partial charge on any atom is 0.230 e. The molecule has 3 nitrogen and oxygen atoms in total. The Hall–Kier alpha value is -1.87. The Morgan fingerprint density at radius 1 is 1.24 bits per heavy atom. The molecule has 3 rings (SSSR count). The van der Waals surface area contributed by atoms with E-state index in [9.17, 15) is 4.79 Å². The van der Waals surface area contributed by atoms with Crippen LogP contribution >= 0.6 is 0 Å². The summed E-state index contributed by atoms with van der Waals surface area (Å²) in [7, 11) is 0. The summed E-state index contributed by atoms with van der Waals surface area (Å²) >= 11 is 0. The fraction of sp³-hybridized carbons (Fsp3) is 0.500. The Morgan fingerprint density at radius 3 is 2.56 bits per heavy atom. The van der Waals surface area contributed by atoms with E-state index in [1.807, 2.05) is 23.1 Å². The van der Waals surface area contributed by atoms with Crippen molar-refractivity contribution in [1.82, 2.24) is 4.90 Å².